The Labute approximate surface area is 652 Å². The van der Waals surface area contributed by atoms with E-state index in [0.29, 0.717) is 21.9 Å². The van der Waals surface area contributed by atoms with Crippen molar-refractivity contribution in [2.75, 3.05) is 19.6 Å². The molecule has 10 heteroatoms. The lowest BCUT2D eigenvalue weighted by Gasteiger charge is -2.48. The molecule has 0 amide bonds. The predicted molar refractivity (Wildman–Crippen MR) is 455 cm³/mol. The van der Waals surface area contributed by atoms with Crippen molar-refractivity contribution in [2.45, 2.75) is 73.0 Å². The van der Waals surface area contributed by atoms with Gasteiger partial charge in [-0.1, -0.05) is 266 Å². The van der Waals surface area contributed by atoms with Gasteiger partial charge >= 0.3 is 0 Å². The third kappa shape index (κ3) is 10.6. The fraction of sp³-hybridized carbons (Fsp3) is 0.0980. The molecule has 21 rings (SSSR count). The molecule has 0 unspecified atom stereocenters. The minimum atomic E-state index is -3.75. The first-order valence-electron chi connectivity index (χ1n) is 38.1. The van der Waals surface area contributed by atoms with Crippen molar-refractivity contribution >= 4 is 106 Å². The van der Waals surface area contributed by atoms with Gasteiger partial charge in [0.1, 0.15) is 11.2 Å². The summed E-state index contributed by atoms with van der Waals surface area (Å²) in [6.07, 6.45) is 0. The summed E-state index contributed by atoms with van der Waals surface area (Å²) in [5.41, 5.74) is 26.6. The largest absolute Gasteiger partial charge is 0.456 e. The number of hydrogen-bond donors (Lipinski definition) is 0. The zero-order chi connectivity index (χ0) is 76.4. The fourth-order valence-electron chi connectivity index (χ4n) is 18.4. The van der Waals surface area contributed by atoms with Crippen molar-refractivity contribution in [1.82, 2.24) is 0 Å². The summed E-state index contributed by atoms with van der Waals surface area (Å²) in [4.78, 5) is 36.2. The normalized spacial score (nSPS) is 15.0. The lowest BCUT2D eigenvalue weighted by molar-refractivity contribution is 0.103. The van der Waals surface area contributed by atoms with E-state index in [-0.39, 0.29) is 37.2 Å². The van der Waals surface area contributed by atoms with Gasteiger partial charge in [-0.3, -0.25) is 9.59 Å². The van der Waals surface area contributed by atoms with E-state index in [1.165, 1.54) is 44.5 Å². The molecule has 15 aromatic carbocycles. The zero-order valence-electron chi connectivity index (χ0n) is 62.9. The molecule has 0 saturated carbocycles. The summed E-state index contributed by atoms with van der Waals surface area (Å²) in [7, 11) is -3.75. The Bertz CT molecular complexity index is 6260. The number of nitrogens with zero attached hydrogens (tertiary/aromatic N) is 4. The number of ketones is 1. The fourth-order valence-corrected chi connectivity index (χ4v) is 19.7. The second kappa shape index (κ2) is 26.4. The van der Waals surface area contributed by atoms with E-state index < -0.39 is 15.3 Å². The topological polar surface area (TPSA) is 94.4 Å². The third-order valence-electron chi connectivity index (χ3n) is 23.8. The SMILES string of the molecule is CC1(C)c2ccccc2N(c2ccc(S(=O)(=O)c3ccc(N4c5ccccc5C(C)(C)c5ccccc54)cc3)cc2)c2ccccc21.CC1(C)c2ccccc2N(c2ccc3c(=O)c4ccccc4oc3c2)c2ccccc21.O=C1c2ccccc2C2(c3ccccc31)c1ccccc1N(c1ccccc1)c1ccccc12. The molecule has 542 valence electrons. The lowest BCUT2D eigenvalue weighted by atomic mass is 9.57. The number of hydrogen-bond acceptors (Lipinski definition) is 9. The van der Waals surface area contributed by atoms with Crippen molar-refractivity contribution in [1.29, 1.82) is 0 Å². The molecule has 1 spiro atoms. The maximum atomic E-state index is 13.9. The van der Waals surface area contributed by atoms with E-state index in [4.69, 9.17) is 4.42 Å². The highest BCUT2D eigenvalue weighted by Crippen LogP contribution is 2.61. The average Bonchev–Trinajstić information content (AvgIpc) is 0.676. The van der Waals surface area contributed by atoms with Crippen molar-refractivity contribution < 1.29 is 17.6 Å². The van der Waals surface area contributed by atoms with E-state index in [1.807, 2.05) is 97.1 Å². The van der Waals surface area contributed by atoms with Crippen molar-refractivity contribution in [3.8, 4) is 0 Å². The molecule has 5 aliphatic rings. The summed E-state index contributed by atoms with van der Waals surface area (Å²) in [6, 6.07) is 123. The summed E-state index contributed by atoms with van der Waals surface area (Å²) in [6.45, 7) is 13.6. The summed E-state index contributed by atoms with van der Waals surface area (Å²) < 4.78 is 34.0. The van der Waals surface area contributed by atoms with Gasteiger partial charge in [0.15, 0.2) is 5.78 Å². The predicted octanol–water partition coefficient (Wildman–Crippen LogP) is 25.2. The number of anilines is 12. The Morgan fingerprint density at radius 1 is 0.250 bits per heavy atom. The minimum absolute atomic E-state index is 0.00368. The van der Waals surface area contributed by atoms with Gasteiger partial charge in [0.2, 0.25) is 15.3 Å². The monoisotopic (exact) mass is 1470 g/mol. The smallest absolute Gasteiger partial charge is 0.206 e. The molecule has 16 aromatic rings. The van der Waals surface area contributed by atoms with Crippen LogP contribution in [0.25, 0.3) is 21.9 Å². The Kier molecular flexibility index (Phi) is 16.3. The Morgan fingerprint density at radius 3 is 0.893 bits per heavy atom. The molecule has 0 N–H and O–H groups in total. The van der Waals surface area contributed by atoms with Crippen LogP contribution in [0.3, 0.4) is 0 Å². The maximum absolute atomic E-state index is 13.9. The van der Waals surface area contributed by atoms with Crippen LogP contribution in [0.1, 0.15) is 113 Å². The van der Waals surface area contributed by atoms with Crippen LogP contribution in [-0.2, 0) is 31.5 Å². The maximum Gasteiger partial charge on any atom is 0.206 e. The Hall–Kier alpha value is -13.4. The second-order valence-corrected chi connectivity index (χ2v) is 32.9. The van der Waals surface area contributed by atoms with Gasteiger partial charge < -0.3 is 24.0 Å². The number of carbonyl (C=O) groups is 1. The Balaban J connectivity index is 0.000000116. The van der Waals surface area contributed by atoms with Gasteiger partial charge in [0, 0.05) is 56.2 Å². The highest BCUT2D eigenvalue weighted by molar-refractivity contribution is 7.91. The summed E-state index contributed by atoms with van der Waals surface area (Å²) in [5.74, 6) is 0.0947. The van der Waals surface area contributed by atoms with Crippen LogP contribution in [0.4, 0.5) is 68.2 Å². The number of carbonyl (C=O) groups excluding carboxylic acids is 1. The van der Waals surface area contributed by atoms with Crippen LogP contribution >= 0.6 is 0 Å². The summed E-state index contributed by atoms with van der Waals surface area (Å²) in [5, 5.41) is 1.21. The molecule has 1 aliphatic carbocycles. The molecule has 0 saturated heterocycles. The molecular formula is C102H78N4O5S. The van der Waals surface area contributed by atoms with Crippen LogP contribution in [0, 0.1) is 0 Å². The molecule has 0 bridgehead atoms. The first-order valence-corrected chi connectivity index (χ1v) is 39.6. The highest BCUT2D eigenvalue weighted by Gasteiger charge is 2.52. The molecule has 0 atom stereocenters. The number of fused-ring (bicyclic) bond motifs is 16. The van der Waals surface area contributed by atoms with E-state index in [2.05, 4.69) is 304 Å². The molecule has 4 aliphatic heterocycles. The molecule has 0 radical (unpaired) electrons. The van der Waals surface area contributed by atoms with Gasteiger partial charge in [0.25, 0.3) is 0 Å². The van der Waals surface area contributed by atoms with Gasteiger partial charge in [0.05, 0.1) is 71.5 Å². The van der Waals surface area contributed by atoms with Crippen molar-refractivity contribution in [3.05, 3.63) is 441 Å². The molecular weight excluding hydrogens is 1390 g/mol. The minimum Gasteiger partial charge on any atom is -0.456 e. The van der Waals surface area contributed by atoms with E-state index in [0.717, 1.165) is 90.5 Å². The zero-order valence-corrected chi connectivity index (χ0v) is 63.7. The van der Waals surface area contributed by atoms with Gasteiger partial charge in [-0.25, -0.2) is 8.42 Å². The molecule has 112 heavy (non-hydrogen) atoms. The molecule has 0 fully saturated rings. The van der Waals surface area contributed by atoms with Crippen LogP contribution < -0.4 is 25.0 Å². The number of sulfone groups is 1. The molecule has 9 nitrogen and oxygen atoms in total. The van der Waals surface area contributed by atoms with E-state index in [9.17, 15) is 18.0 Å². The van der Waals surface area contributed by atoms with Crippen molar-refractivity contribution in [3.63, 3.8) is 0 Å². The summed E-state index contributed by atoms with van der Waals surface area (Å²) >= 11 is 0. The lowest BCUT2D eigenvalue weighted by Crippen LogP contribution is -2.42. The average molecular weight is 1470 g/mol. The van der Waals surface area contributed by atoms with E-state index >= 15 is 0 Å². The van der Waals surface area contributed by atoms with Gasteiger partial charge in [-0.05, 0) is 189 Å². The van der Waals surface area contributed by atoms with Crippen molar-refractivity contribution in [2.24, 2.45) is 0 Å². The number of para-hydroxylation sites is 10. The van der Waals surface area contributed by atoms with Gasteiger partial charge in [-0.2, -0.15) is 0 Å². The molecule has 1 aromatic heterocycles. The second-order valence-electron chi connectivity index (χ2n) is 31.0. The number of rotatable bonds is 6. The highest BCUT2D eigenvalue weighted by atomic mass is 32.2. The first-order chi connectivity index (χ1) is 54.5. The van der Waals surface area contributed by atoms with Crippen LogP contribution in [0.2, 0.25) is 0 Å². The van der Waals surface area contributed by atoms with Crippen LogP contribution in [0.5, 0.6) is 0 Å². The van der Waals surface area contributed by atoms with Crippen LogP contribution in [-0.4, -0.2) is 14.2 Å². The van der Waals surface area contributed by atoms with E-state index in [1.54, 1.807) is 24.3 Å². The third-order valence-corrected chi connectivity index (χ3v) is 25.6. The number of benzene rings is 15. The van der Waals surface area contributed by atoms with Crippen LogP contribution in [0.15, 0.2) is 383 Å². The molecule has 5 heterocycles. The van der Waals surface area contributed by atoms with Gasteiger partial charge in [-0.15, -0.1) is 0 Å². The first kappa shape index (κ1) is 69.1. The quantitative estimate of drug-likeness (QED) is 0.151. The standard InChI is InChI=1S/C42H36N2O2S.C32H21NO.C28H21NO2/c1-41(2)33-13-5-9-17-37(33)43(38-18-10-6-14-34(38)41)29-21-25-31(26-22-29)47(45,46)32-27-23-30(24-28-32)44-39-19-11-7-15-35(39)42(3,4)36-16-8-12-20-40(36)44;34-31-23-14-4-6-16-25(23)32(26-17-7-5-15-24(26)31)27-18-8-10-20-29(27)33(22-12-2-1-3-13-22)30-21-11-9-19-28(30)32;1-28(2)21-10-4-6-12-23(21)29(24-13-7-5-11-22(24)28)18-15-16-20-26(17-18)31-25-14-8-3-9-19(25)27(20)30/h5-28H,1-4H3;1-21H;3-17H,1-2H3. The Morgan fingerprint density at radius 2 is 0.518 bits per heavy atom.